The molecule has 2 fully saturated rings. The van der Waals surface area contributed by atoms with E-state index in [-0.39, 0.29) is 18.1 Å². The number of hydrazone groups is 1. The Hall–Kier alpha value is -4.49. The molecule has 13 heteroatoms. The average Bonchev–Trinajstić information content (AvgIpc) is 3.33. The van der Waals surface area contributed by atoms with E-state index in [1.54, 1.807) is 29.0 Å². The predicted molar refractivity (Wildman–Crippen MR) is 184 cm³/mol. The number of benzene rings is 1. The zero-order chi connectivity index (χ0) is 32.8. The maximum atomic E-state index is 13.4. The maximum Gasteiger partial charge on any atom is 0.278 e. The zero-order valence-corrected chi connectivity index (χ0v) is 27.6. The maximum absolute atomic E-state index is 13.4. The molecule has 0 bridgehead atoms. The normalized spacial score (nSPS) is 17.3. The van der Waals surface area contributed by atoms with Crippen LogP contribution in [0, 0.1) is 0 Å². The Morgan fingerprint density at radius 1 is 1.20 bits per heavy atom. The van der Waals surface area contributed by atoms with E-state index in [1.165, 1.54) is 17.0 Å². The first-order valence-electron chi connectivity index (χ1n) is 15.9. The number of piperazine rings is 1. The van der Waals surface area contributed by atoms with Gasteiger partial charge in [0.05, 0.1) is 19.3 Å². The lowest BCUT2D eigenvalue weighted by Gasteiger charge is -2.42. The molecule has 246 valence electrons. The highest BCUT2D eigenvalue weighted by molar-refractivity contribution is 6.01. The summed E-state index contributed by atoms with van der Waals surface area (Å²) >= 11 is 0. The molecule has 0 saturated carbocycles. The largest absolute Gasteiger partial charge is 0.495 e. The fraction of sp³-hybridized carbons (Fsp3) is 0.485. The lowest BCUT2D eigenvalue weighted by Crippen LogP contribution is -2.52. The smallest absolute Gasteiger partial charge is 0.278 e. The van der Waals surface area contributed by atoms with Gasteiger partial charge in [-0.2, -0.15) is 10.1 Å². The average molecular weight is 631 g/mol. The van der Waals surface area contributed by atoms with Crippen molar-refractivity contribution in [2.75, 3.05) is 70.7 Å². The van der Waals surface area contributed by atoms with Crippen molar-refractivity contribution >= 4 is 40.5 Å². The first kappa shape index (κ1) is 32.9. The number of allylic oxidation sites excluding steroid dienone is 3. The summed E-state index contributed by atoms with van der Waals surface area (Å²) in [5, 5.41) is 10.0. The van der Waals surface area contributed by atoms with Crippen LogP contribution in [0.2, 0.25) is 0 Å². The molecule has 4 heterocycles. The van der Waals surface area contributed by atoms with E-state index in [0.29, 0.717) is 35.1 Å². The molecule has 1 aromatic carbocycles. The Labute approximate surface area is 270 Å². The van der Waals surface area contributed by atoms with E-state index in [9.17, 15) is 9.59 Å². The van der Waals surface area contributed by atoms with Crippen LogP contribution in [0.4, 0.5) is 17.3 Å². The molecule has 0 unspecified atom stereocenters. The molecular formula is C33H46N10O3. The van der Waals surface area contributed by atoms with Crippen LogP contribution in [0.15, 0.2) is 59.1 Å². The van der Waals surface area contributed by atoms with Gasteiger partial charge in [0.25, 0.3) is 5.56 Å². The first-order valence-corrected chi connectivity index (χ1v) is 15.9. The van der Waals surface area contributed by atoms with Gasteiger partial charge in [-0.1, -0.05) is 6.08 Å². The molecule has 3 aromatic rings. The Morgan fingerprint density at radius 2 is 1.93 bits per heavy atom. The van der Waals surface area contributed by atoms with E-state index in [0.717, 1.165) is 69.2 Å². The van der Waals surface area contributed by atoms with Crippen LogP contribution in [0.5, 0.6) is 5.75 Å². The van der Waals surface area contributed by atoms with Crippen LogP contribution in [-0.2, 0) is 11.3 Å². The van der Waals surface area contributed by atoms with Crippen molar-refractivity contribution in [1.29, 1.82) is 0 Å². The highest BCUT2D eigenvalue weighted by Gasteiger charge is 2.28. The molecule has 5 rings (SSSR count). The number of piperidine rings is 1. The summed E-state index contributed by atoms with van der Waals surface area (Å²) in [6.07, 6.45) is 8.96. The van der Waals surface area contributed by atoms with Crippen LogP contribution >= 0.6 is 0 Å². The third kappa shape index (κ3) is 7.15. The Kier molecular flexibility index (Phi) is 10.5. The predicted octanol–water partition coefficient (Wildman–Crippen LogP) is 3.00. The van der Waals surface area contributed by atoms with Crippen molar-refractivity contribution < 1.29 is 9.53 Å². The molecule has 0 radical (unpaired) electrons. The van der Waals surface area contributed by atoms with E-state index >= 15 is 0 Å². The van der Waals surface area contributed by atoms with Gasteiger partial charge in [-0.15, -0.1) is 6.58 Å². The number of fused-ring (bicyclic) bond motifs is 1. The summed E-state index contributed by atoms with van der Waals surface area (Å²) in [5.74, 6) is 1.42. The number of aromatic nitrogens is 4. The summed E-state index contributed by atoms with van der Waals surface area (Å²) in [6.45, 7) is 14.5. The SMILES string of the molecule is C=CCn1c(=O)c2cnc(Nc3ccc(N4CCC(N5CCN(C)CC5)CC4)c(OC)c3)nc2n1C(/C=C\C=O)=N/N(C)C(C)C. The molecule has 2 saturated heterocycles. The molecule has 1 N–H and O–H groups in total. The fourth-order valence-electron chi connectivity index (χ4n) is 5.96. The summed E-state index contributed by atoms with van der Waals surface area (Å²) in [5.41, 5.74) is 1.88. The highest BCUT2D eigenvalue weighted by atomic mass is 16.5. The monoisotopic (exact) mass is 630 g/mol. The Morgan fingerprint density at radius 3 is 2.59 bits per heavy atom. The molecule has 0 spiro atoms. The molecule has 2 aliphatic rings. The lowest BCUT2D eigenvalue weighted by atomic mass is 10.0. The molecule has 13 nitrogen and oxygen atoms in total. The second kappa shape index (κ2) is 14.7. The zero-order valence-electron chi connectivity index (χ0n) is 27.6. The van der Waals surface area contributed by atoms with E-state index in [2.05, 4.69) is 49.8 Å². The van der Waals surface area contributed by atoms with Gasteiger partial charge in [-0.05, 0) is 58.0 Å². The van der Waals surface area contributed by atoms with Crippen LogP contribution in [0.25, 0.3) is 11.0 Å². The third-order valence-electron chi connectivity index (χ3n) is 8.82. The van der Waals surface area contributed by atoms with E-state index < -0.39 is 0 Å². The summed E-state index contributed by atoms with van der Waals surface area (Å²) < 4.78 is 8.91. The van der Waals surface area contributed by atoms with Gasteiger partial charge in [0.15, 0.2) is 11.5 Å². The molecule has 2 aliphatic heterocycles. The van der Waals surface area contributed by atoms with Crippen molar-refractivity contribution in [3.8, 4) is 5.75 Å². The van der Waals surface area contributed by atoms with E-state index in [4.69, 9.17) is 9.72 Å². The second-order valence-electron chi connectivity index (χ2n) is 12.1. The van der Waals surface area contributed by atoms with Crippen molar-refractivity contribution in [3.05, 3.63) is 59.6 Å². The number of nitrogens with zero attached hydrogens (tertiary/aromatic N) is 9. The fourth-order valence-corrected chi connectivity index (χ4v) is 5.96. The topological polar surface area (TPSA) is 116 Å². The Balaban J connectivity index is 1.41. The van der Waals surface area contributed by atoms with Crippen molar-refractivity contribution in [3.63, 3.8) is 0 Å². The van der Waals surface area contributed by atoms with Gasteiger partial charge in [0.1, 0.15) is 17.4 Å². The highest BCUT2D eigenvalue weighted by Crippen LogP contribution is 2.34. The summed E-state index contributed by atoms with van der Waals surface area (Å²) in [6, 6.07) is 6.72. The first-order chi connectivity index (χ1) is 22.2. The van der Waals surface area contributed by atoms with Gasteiger partial charge in [0.2, 0.25) is 5.95 Å². The van der Waals surface area contributed by atoms with Crippen LogP contribution in [0.3, 0.4) is 0 Å². The third-order valence-corrected chi connectivity index (χ3v) is 8.82. The Bertz CT molecular complexity index is 1640. The minimum Gasteiger partial charge on any atom is -0.495 e. The lowest BCUT2D eigenvalue weighted by molar-refractivity contribution is -0.104. The van der Waals surface area contributed by atoms with E-state index in [1.807, 2.05) is 33.0 Å². The second-order valence-corrected chi connectivity index (χ2v) is 12.1. The summed E-state index contributed by atoms with van der Waals surface area (Å²) in [7, 11) is 5.71. The van der Waals surface area contributed by atoms with Crippen molar-refractivity contribution in [2.24, 2.45) is 5.10 Å². The van der Waals surface area contributed by atoms with Gasteiger partial charge in [0, 0.05) is 76.4 Å². The summed E-state index contributed by atoms with van der Waals surface area (Å²) in [4.78, 5) is 41.3. The number of carbonyl (C=O) groups is 1. The van der Waals surface area contributed by atoms with Crippen molar-refractivity contribution in [2.45, 2.75) is 45.3 Å². The minimum atomic E-state index is -0.289. The number of ether oxygens (including phenoxy) is 1. The number of anilines is 3. The number of hydrogen-bond donors (Lipinski definition) is 1. The number of nitrogens with one attached hydrogen (secondary N) is 1. The number of methoxy groups -OCH3 is 1. The number of aldehydes is 1. The van der Waals surface area contributed by atoms with Gasteiger partial charge < -0.3 is 19.9 Å². The van der Waals surface area contributed by atoms with Gasteiger partial charge >= 0.3 is 0 Å². The van der Waals surface area contributed by atoms with Crippen LogP contribution in [0.1, 0.15) is 26.7 Å². The minimum absolute atomic E-state index is 0.0779. The quantitative estimate of drug-likeness (QED) is 0.0847. The standard InChI is InChI=1S/C33H46N10O3/c1-7-14-42-32(45)27-23-34-33(36-31(27)43(42)30(9-8-21-44)37-39(5)24(2)3)35-25-10-11-28(29(22-25)46-6)41-15-12-26(13-16-41)40-19-17-38(4)18-20-40/h7-11,21-24,26H,1,12-20H2,2-6H3,(H,34,35,36)/b9-8-,37-30+. The number of hydrogen-bond acceptors (Lipinski definition) is 11. The molecular weight excluding hydrogens is 584 g/mol. The van der Waals surface area contributed by atoms with Crippen LogP contribution in [-0.4, -0.2) is 119 Å². The molecule has 46 heavy (non-hydrogen) atoms. The molecule has 0 amide bonds. The van der Waals surface area contributed by atoms with Crippen LogP contribution < -0.4 is 20.5 Å². The van der Waals surface area contributed by atoms with Gasteiger partial charge in [-0.25, -0.2) is 14.3 Å². The number of likely N-dealkylation sites (N-methyl/N-ethyl adjacent to an activating group) is 1. The van der Waals surface area contributed by atoms with Crippen molar-refractivity contribution in [1.82, 2.24) is 34.1 Å². The molecule has 0 atom stereocenters. The number of carbonyl (C=O) groups excluding carboxylic acids is 1. The number of rotatable bonds is 11. The van der Waals surface area contributed by atoms with Gasteiger partial charge in [-0.3, -0.25) is 19.5 Å². The molecule has 2 aromatic heterocycles. The molecule has 0 aliphatic carbocycles.